The van der Waals surface area contributed by atoms with Crippen LogP contribution in [-0.2, 0) is 30.4 Å². The molecule has 4 aromatic carbocycles. The van der Waals surface area contributed by atoms with Gasteiger partial charge in [0, 0.05) is 23.2 Å². The number of nitrogens with zero attached hydrogens (tertiary/aromatic N) is 1. The normalized spacial score (nSPS) is 16.3. The molecule has 0 radical (unpaired) electrons. The van der Waals surface area contributed by atoms with Crippen molar-refractivity contribution in [1.82, 2.24) is 10.2 Å². The molecular formula is C43H45ClN2O5. The third kappa shape index (κ3) is 9.56. The molecule has 0 aromatic heterocycles. The summed E-state index contributed by atoms with van der Waals surface area (Å²) in [6.45, 7) is 5.72. The molecule has 0 spiro atoms. The third-order valence-corrected chi connectivity index (χ3v) is 9.76. The van der Waals surface area contributed by atoms with E-state index in [1.54, 1.807) is 12.1 Å². The Kier molecular flexibility index (Phi) is 12.7. The number of ether oxygens (including phenoxy) is 3. The van der Waals surface area contributed by atoms with E-state index in [2.05, 4.69) is 34.5 Å². The highest BCUT2D eigenvalue weighted by molar-refractivity contribution is 6.30. The molecule has 1 fully saturated rings. The molecule has 0 aliphatic carbocycles. The number of hydrogen-bond donors (Lipinski definition) is 1. The molecule has 6 rings (SSSR count). The summed E-state index contributed by atoms with van der Waals surface area (Å²) in [4.78, 5) is 30.8. The standard InChI is InChI=1S/C43H45ClN2O5/c1-31-39(42(47)50-26-22-37(33-16-7-3-8-17-33)34-18-9-4-10-19-34)40(35-20-13-21-36(44)28-35)41(43(48)51-29-32-14-5-2-6-15-32)38(45-31)30-49-27-25-46-23-11-12-24-46/h2-10,13-21,28,37,40,45H,11-12,22-27,29-30H2,1H3. The van der Waals surface area contributed by atoms with E-state index in [4.69, 9.17) is 25.8 Å². The number of hydrogen-bond acceptors (Lipinski definition) is 7. The molecule has 264 valence electrons. The van der Waals surface area contributed by atoms with Crippen LogP contribution in [0.3, 0.4) is 0 Å². The summed E-state index contributed by atoms with van der Waals surface area (Å²) >= 11 is 6.52. The van der Waals surface area contributed by atoms with Crippen molar-refractivity contribution in [2.24, 2.45) is 0 Å². The number of nitrogens with one attached hydrogen (secondary N) is 1. The number of halogens is 1. The average Bonchev–Trinajstić information content (AvgIpc) is 3.69. The lowest BCUT2D eigenvalue weighted by Gasteiger charge is -2.32. The third-order valence-electron chi connectivity index (χ3n) is 9.52. The topological polar surface area (TPSA) is 77.1 Å². The van der Waals surface area contributed by atoms with Crippen LogP contribution in [-0.4, -0.2) is 56.3 Å². The quantitative estimate of drug-likeness (QED) is 0.0988. The van der Waals surface area contributed by atoms with Crippen LogP contribution in [0, 0.1) is 0 Å². The van der Waals surface area contributed by atoms with Gasteiger partial charge >= 0.3 is 11.9 Å². The average molecular weight is 705 g/mol. The summed E-state index contributed by atoms with van der Waals surface area (Å²) in [6.07, 6.45) is 2.99. The highest BCUT2D eigenvalue weighted by atomic mass is 35.5. The molecule has 8 heteroatoms. The summed E-state index contributed by atoms with van der Waals surface area (Å²) < 4.78 is 18.2. The van der Waals surface area contributed by atoms with Crippen molar-refractivity contribution in [1.29, 1.82) is 0 Å². The van der Waals surface area contributed by atoms with Crippen LogP contribution in [0.2, 0.25) is 5.02 Å². The Bertz CT molecular complexity index is 1780. The number of dihydropyridines is 1. The maximum atomic E-state index is 14.2. The second-order valence-electron chi connectivity index (χ2n) is 13.0. The fourth-order valence-electron chi connectivity index (χ4n) is 6.96. The van der Waals surface area contributed by atoms with Crippen LogP contribution < -0.4 is 5.32 Å². The number of carbonyl (C=O) groups excluding carboxylic acids is 2. The molecule has 2 aliphatic rings. The zero-order valence-electron chi connectivity index (χ0n) is 29.1. The summed E-state index contributed by atoms with van der Waals surface area (Å²) in [5.74, 6) is -1.80. The molecule has 1 unspecified atom stereocenters. The second kappa shape index (κ2) is 18.0. The minimum atomic E-state index is -0.794. The first-order valence-corrected chi connectivity index (χ1v) is 18.1. The van der Waals surface area contributed by atoms with Crippen molar-refractivity contribution in [2.75, 3.05) is 39.5 Å². The minimum Gasteiger partial charge on any atom is -0.462 e. The van der Waals surface area contributed by atoms with Crippen LogP contribution in [0.15, 0.2) is 138 Å². The Hall–Kier alpha value is -4.69. The van der Waals surface area contributed by atoms with E-state index in [1.807, 2.05) is 85.8 Å². The van der Waals surface area contributed by atoms with Crippen molar-refractivity contribution in [3.8, 4) is 0 Å². The largest absolute Gasteiger partial charge is 0.462 e. The minimum absolute atomic E-state index is 0.0382. The lowest BCUT2D eigenvalue weighted by atomic mass is 9.80. The zero-order chi connectivity index (χ0) is 35.4. The first-order chi connectivity index (χ1) is 25.0. The molecule has 2 heterocycles. The predicted molar refractivity (Wildman–Crippen MR) is 200 cm³/mol. The Morgan fingerprint density at radius 1 is 0.765 bits per heavy atom. The van der Waals surface area contributed by atoms with Crippen LogP contribution in [0.1, 0.15) is 60.3 Å². The molecule has 1 atom stereocenters. The fourth-order valence-corrected chi connectivity index (χ4v) is 7.16. The van der Waals surface area contributed by atoms with E-state index in [9.17, 15) is 9.59 Å². The van der Waals surface area contributed by atoms with Gasteiger partial charge < -0.3 is 24.4 Å². The maximum Gasteiger partial charge on any atom is 0.337 e. The van der Waals surface area contributed by atoms with Gasteiger partial charge in [0.05, 0.1) is 42.6 Å². The van der Waals surface area contributed by atoms with E-state index in [0.717, 1.165) is 36.3 Å². The number of rotatable bonds is 15. The lowest BCUT2D eigenvalue weighted by molar-refractivity contribution is -0.141. The summed E-state index contributed by atoms with van der Waals surface area (Å²) in [5, 5.41) is 3.85. The molecule has 0 saturated carbocycles. The Morgan fingerprint density at radius 3 is 2.04 bits per heavy atom. The van der Waals surface area contributed by atoms with Gasteiger partial charge in [-0.3, -0.25) is 0 Å². The van der Waals surface area contributed by atoms with Gasteiger partial charge in [-0.1, -0.05) is 115 Å². The summed E-state index contributed by atoms with van der Waals surface area (Å²) in [7, 11) is 0. The van der Waals surface area contributed by atoms with E-state index >= 15 is 0 Å². The van der Waals surface area contributed by atoms with Crippen LogP contribution in [0.4, 0.5) is 0 Å². The molecule has 51 heavy (non-hydrogen) atoms. The van der Waals surface area contributed by atoms with Gasteiger partial charge in [0.15, 0.2) is 0 Å². The van der Waals surface area contributed by atoms with Gasteiger partial charge in [0.1, 0.15) is 6.61 Å². The first kappa shape index (κ1) is 36.1. The number of allylic oxidation sites excluding steroid dienone is 1. The predicted octanol–water partition coefficient (Wildman–Crippen LogP) is 8.18. The second-order valence-corrected chi connectivity index (χ2v) is 13.4. The lowest BCUT2D eigenvalue weighted by Crippen LogP contribution is -2.35. The molecule has 7 nitrogen and oxygen atoms in total. The molecule has 1 N–H and O–H groups in total. The van der Waals surface area contributed by atoms with Gasteiger partial charge in [0.25, 0.3) is 0 Å². The number of benzene rings is 4. The smallest absolute Gasteiger partial charge is 0.337 e. The highest BCUT2D eigenvalue weighted by Crippen LogP contribution is 2.40. The highest BCUT2D eigenvalue weighted by Gasteiger charge is 2.39. The zero-order valence-corrected chi connectivity index (χ0v) is 29.8. The Balaban J connectivity index is 1.27. The molecule has 0 bridgehead atoms. The first-order valence-electron chi connectivity index (χ1n) is 17.7. The number of esters is 2. The maximum absolute atomic E-state index is 14.2. The van der Waals surface area contributed by atoms with Gasteiger partial charge in [-0.2, -0.15) is 0 Å². The fraction of sp³-hybridized carbons (Fsp3) is 0.302. The molecule has 1 saturated heterocycles. The van der Waals surface area contributed by atoms with Crippen LogP contribution >= 0.6 is 11.6 Å². The van der Waals surface area contributed by atoms with Crippen molar-refractivity contribution >= 4 is 23.5 Å². The van der Waals surface area contributed by atoms with Crippen LogP contribution in [0.5, 0.6) is 0 Å². The van der Waals surface area contributed by atoms with Crippen molar-refractivity contribution in [3.63, 3.8) is 0 Å². The summed E-state index contributed by atoms with van der Waals surface area (Å²) in [5.41, 5.74) is 5.61. The monoisotopic (exact) mass is 704 g/mol. The SMILES string of the molecule is CC1=C(C(=O)OCCC(c2ccccc2)c2ccccc2)C(c2cccc(Cl)c2)C(C(=O)OCc2ccccc2)=C(COCCN2CCCC2)N1. The summed E-state index contributed by atoms with van der Waals surface area (Å²) in [6, 6.07) is 37.2. The van der Waals surface area contributed by atoms with E-state index in [-0.39, 0.29) is 25.7 Å². The van der Waals surface area contributed by atoms with Gasteiger partial charge in [-0.15, -0.1) is 0 Å². The van der Waals surface area contributed by atoms with E-state index in [0.29, 0.717) is 46.2 Å². The van der Waals surface area contributed by atoms with Gasteiger partial charge in [-0.25, -0.2) is 9.59 Å². The number of carbonyl (C=O) groups is 2. The Labute approximate surface area is 305 Å². The van der Waals surface area contributed by atoms with E-state index < -0.39 is 17.9 Å². The molecule has 0 amide bonds. The number of likely N-dealkylation sites (tertiary alicyclic amines) is 1. The Morgan fingerprint density at radius 2 is 1.39 bits per heavy atom. The van der Waals surface area contributed by atoms with Crippen LogP contribution in [0.25, 0.3) is 0 Å². The van der Waals surface area contributed by atoms with Gasteiger partial charge in [0.2, 0.25) is 0 Å². The molecule has 4 aromatic rings. The van der Waals surface area contributed by atoms with E-state index in [1.165, 1.54) is 12.8 Å². The van der Waals surface area contributed by atoms with Crippen molar-refractivity contribution < 1.29 is 23.8 Å². The molecule has 2 aliphatic heterocycles. The van der Waals surface area contributed by atoms with Crippen molar-refractivity contribution in [3.05, 3.63) is 165 Å². The van der Waals surface area contributed by atoms with Gasteiger partial charge in [-0.05, 0) is 73.7 Å². The van der Waals surface area contributed by atoms with Crippen molar-refractivity contribution in [2.45, 2.75) is 44.6 Å². The molecular weight excluding hydrogens is 660 g/mol.